The van der Waals surface area contributed by atoms with Gasteiger partial charge in [0.05, 0.1) is 18.3 Å². The van der Waals surface area contributed by atoms with Crippen LogP contribution in [0.15, 0.2) is 36.4 Å². The van der Waals surface area contributed by atoms with Gasteiger partial charge in [-0.2, -0.15) is 0 Å². The molecule has 6 heteroatoms. The summed E-state index contributed by atoms with van der Waals surface area (Å²) < 4.78 is 5.25. The Balaban J connectivity index is 1.20. The highest BCUT2D eigenvalue weighted by Gasteiger charge is 2.66. The summed E-state index contributed by atoms with van der Waals surface area (Å²) >= 11 is 6.05. The van der Waals surface area contributed by atoms with Crippen LogP contribution in [0.2, 0.25) is 5.02 Å². The van der Waals surface area contributed by atoms with Gasteiger partial charge in [-0.05, 0) is 36.2 Å². The van der Waals surface area contributed by atoms with E-state index in [1.165, 1.54) is 4.90 Å². The molecule has 0 N–H and O–H groups in total. The second-order valence-electron chi connectivity index (χ2n) is 7.98. The highest BCUT2D eigenvalue weighted by molar-refractivity contribution is 6.31. The van der Waals surface area contributed by atoms with Crippen LogP contribution >= 0.6 is 11.6 Å². The highest BCUT2D eigenvalue weighted by Crippen LogP contribution is 2.65. The predicted octanol–water partition coefficient (Wildman–Crippen LogP) is 2.83. The molecule has 0 spiro atoms. The van der Waals surface area contributed by atoms with Gasteiger partial charge >= 0.3 is 5.97 Å². The van der Waals surface area contributed by atoms with Gasteiger partial charge in [-0.1, -0.05) is 42.0 Å². The fourth-order valence-electron chi connectivity index (χ4n) is 5.29. The number of amides is 2. The lowest BCUT2D eigenvalue weighted by molar-refractivity contribution is -0.146. The van der Waals surface area contributed by atoms with Crippen molar-refractivity contribution in [1.82, 2.24) is 4.90 Å². The zero-order chi connectivity index (χ0) is 18.7. The maximum atomic E-state index is 12.8. The Morgan fingerprint density at radius 1 is 1.07 bits per heavy atom. The Morgan fingerprint density at radius 3 is 2.33 bits per heavy atom. The number of carbonyl (C=O) groups is 3. The molecule has 3 fully saturated rings. The number of halogens is 1. The number of carbonyl (C=O) groups excluding carboxylic acids is 3. The zero-order valence-corrected chi connectivity index (χ0v) is 15.5. The molecule has 0 unspecified atom stereocenters. The van der Waals surface area contributed by atoms with Crippen LogP contribution in [0.4, 0.5) is 0 Å². The number of likely N-dealkylation sites (tertiary alicyclic amines) is 1. The van der Waals surface area contributed by atoms with Gasteiger partial charge in [-0.15, -0.1) is 0 Å². The molecule has 2 saturated carbocycles. The third-order valence-electron chi connectivity index (χ3n) is 6.64. The lowest BCUT2D eigenvalue weighted by Gasteiger charge is -2.37. The Morgan fingerprint density at radius 2 is 1.70 bits per heavy atom. The van der Waals surface area contributed by atoms with Gasteiger partial charge in [0.2, 0.25) is 11.8 Å². The van der Waals surface area contributed by atoms with Gasteiger partial charge in [-0.25, -0.2) is 0 Å². The number of allylic oxidation sites excluding steroid dienone is 2. The van der Waals surface area contributed by atoms with Gasteiger partial charge in [0, 0.05) is 17.1 Å². The molecule has 6 atom stereocenters. The van der Waals surface area contributed by atoms with E-state index in [9.17, 15) is 14.4 Å². The topological polar surface area (TPSA) is 63.7 Å². The minimum atomic E-state index is -0.436. The van der Waals surface area contributed by atoms with E-state index in [0.717, 1.165) is 12.0 Å². The van der Waals surface area contributed by atoms with Gasteiger partial charge in [0.1, 0.15) is 6.61 Å². The minimum absolute atomic E-state index is 0.0109. The first kappa shape index (κ1) is 17.0. The molecule has 1 aliphatic heterocycles. The number of imide groups is 1. The maximum absolute atomic E-state index is 12.8. The van der Waals surface area contributed by atoms with Gasteiger partial charge < -0.3 is 4.74 Å². The molecule has 2 bridgehead atoms. The molecule has 27 heavy (non-hydrogen) atoms. The quantitative estimate of drug-likeness (QED) is 0.444. The number of benzene rings is 1. The third-order valence-corrected chi connectivity index (χ3v) is 7.01. The zero-order valence-electron chi connectivity index (χ0n) is 14.7. The maximum Gasteiger partial charge on any atom is 0.307 e. The summed E-state index contributed by atoms with van der Waals surface area (Å²) in [6.07, 6.45) is 5.44. The van der Waals surface area contributed by atoms with Crippen molar-refractivity contribution < 1.29 is 19.1 Å². The average molecular weight is 386 g/mol. The molecular weight excluding hydrogens is 366 g/mol. The second-order valence-corrected chi connectivity index (χ2v) is 8.39. The van der Waals surface area contributed by atoms with Crippen LogP contribution < -0.4 is 0 Å². The number of esters is 1. The summed E-state index contributed by atoms with van der Waals surface area (Å²) in [5.74, 6) is 0.511. The van der Waals surface area contributed by atoms with E-state index < -0.39 is 5.97 Å². The fourth-order valence-corrected chi connectivity index (χ4v) is 5.48. The lowest BCUT2D eigenvalue weighted by Crippen LogP contribution is -2.40. The Kier molecular flexibility index (Phi) is 3.90. The normalized spacial score (nSPS) is 35.2. The fraction of sp³-hybridized carbons (Fsp3) is 0.476. The summed E-state index contributed by atoms with van der Waals surface area (Å²) in [5.41, 5.74) is 0.730. The monoisotopic (exact) mass is 385 g/mol. The summed E-state index contributed by atoms with van der Waals surface area (Å²) in [6, 6.07) is 7.16. The van der Waals surface area contributed by atoms with Crippen LogP contribution in [0.5, 0.6) is 0 Å². The Labute approximate surface area is 162 Å². The van der Waals surface area contributed by atoms with Crippen molar-refractivity contribution >= 4 is 29.4 Å². The first-order chi connectivity index (χ1) is 13.1. The molecule has 4 aliphatic carbocycles. The molecule has 1 aromatic carbocycles. The average Bonchev–Trinajstić information content (AvgIpc) is 3.45. The van der Waals surface area contributed by atoms with Crippen LogP contribution in [-0.2, 0) is 25.7 Å². The standard InChI is InChI=1S/C21H20ClNO4/c22-16-4-2-1-3-11(16)10-27-17(24)7-8-23-20(25)18-12-5-6-13(15-9-14(12)15)19(18)21(23)26/h1-6,12-15,18-19H,7-10H2/t12-,13-,14-,15-,18-,19+/m0/s1. The highest BCUT2D eigenvalue weighted by atomic mass is 35.5. The molecule has 140 valence electrons. The van der Waals surface area contributed by atoms with Crippen LogP contribution in [0.25, 0.3) is 0 Å². The van der Waals surface area contributed by atoms with Crippen molar-refractivity contribution in [3.05, 3.63) is 47.0 Å². The molecule has 1 heterocycles. The van der Waals surface area contributed by atoms with E-state index in [0.29, 0.717) is 16.9 Å². The molecule has 5 nitrogen and oxygen atoms in total. The molecular formula is C21H20ClNO4. The molecule has 1 saturated heterocycles. The molecule has 0 aromatic heterocycles. The van der Waals surface area contributed by atoms with E-state index >= 15 is 0 Å². The Hall–Kier alpha value is -2.14. The van der Waals surface area contributed by atoms with Crippen molar-refractivity contribution in [2.24, 2.45) is 35.5 Å². The summed E-state index contributed by atoms with van der Waals surface area (Å²) in [6.45, 7) is 0.184. The largest absolute Gasteiger partial charge is 0.461 e. The SMILES string of the molecule is O=C(CCN1C(=O)[C@@H]2[C@H]3C=C[C@@H]([C@@H]4C[C@@H]34)[C@@H]2C1=O)OCc1ccccc1Cl. The van der Waals surface area contributed by atoms with Crippen molar-refractivity contribution in [3.63, 3.8) is 0 Å². The molecule has 6 rings (SSSR count). The number of rotatable bonds is 5. The first-order valence-electron chi connectivity index (χ1n) is 9.49. The van der Waals surface area contributed by atoms with Crippen molar-refractivity contribution in [3.8, 4) is 0 Å². The van der Waals surface area contributed by atoms with Crippen molar-refractivity contribution in [1.29, 1.82) is 0 Å². The smallest absolute Gasteiger partial charge is 0.307 e. The van der Waals surface area contributed by atoms with E-state index in [1.807, 2.05) is 12.1 Å². The predicted molar refractivity (Wildman–Crippen MR) is 97.3 cm³/mol. The molecule has 1 aromatic rings. The minimum Gasteiger partial charge on any atom is -0.461 e. The first-order valence-corrected chi connectivity index (χ1v) is 9.86. The van der Waals surface area contributed by atoms with Gasteiger partial charge in [0.15, 0.2) is 0 Å². The van der Waals surface area contributed by atoms with E-state index in [-0.39, 0.29) is 55.1 Å². The molecule has 2 amide bonds. The molecule has 5 aliphatic rings. The lowest BCUT2D eigenvalue weighted by atomic mass is 9.63. The number of ether oxygens (including phenoxy) is 1. The van der Waals surface area contributed by atoms with Crippen LogP contribution in [0, 0.1) is 35.5 Å². The second kappa shape index (κ2) is 6.20. The summed E-state index contributed by atoms with van der Waals surface area (Å²) in [4.78, 5) is 39.1. The summed E-state index contributed by atoms with van der Waals surface area (Å²) in [7, 11) is 0. The van der Waals surface area contributed by atoms with E-state index in [4.69, 9.17) is 16.3 Å². The van der Waals surface area contributed by atoms with Crippen molar-refractivity contribution in [2.45, 2.75) is 19.4 Å². The van der Waals surface area contributed by atoms with Crippen LogP contribution in [0.3, 0.4) is 0 Å². The van der Waals surface area contributed by atoms with E-state index in [1.54, 1.807) is 12.1 Å². The third kappa shape index (κ3) is 2.63. The van der Waals surface area contributed by atoms with Gasteiger partial charge in [-0.3, -0.25) is 19.3 Å². The number of hydrogen-bond donors (Lipinski definition) is 0. The number of hydrogen-bond acceptors (Lipinski definition) is 4. The van der Waals surface area contributed by atoms with Gasteiger partial charge in [0.25, 0.3) is 0 Å². The Bertz CT molecular complexity index is 829. The van der Waals surface area contributed by atoms with E-state index in [2.05, 4.69) is 12.2 Å². The van der Waals surface area contributed by atoms with Crippen molar-refractivity contribution in [2.75, 3.05) is 6.54 Å². The molecule has 0 radical (unpaired) electrons. The van der Waals surface area contributed by atoms with Crippen LogP contribution in [0.1, 0.15) is 18.4 Å². The summed E-state index contributed by atoms with van der Waals surface area (Å²) in [5, 5.41) is 0.542. The number of nitrogens with zero attached hydrogens (tertiary/aromatic N) is 1. The van der Waals surface area contributed by atoms with Crippen LogP contribution in [-0.4, -0.2) is 29.2 Å².